The quantitative estimate of drug-likeness (QED) is 0.609. The van der Waals surface area contributed by atoms with E-state index in [1.54, 1.807) is 18.2 Å². The Hall–Kier alpha value is -2.13. The molecule has 0 bridgehead atoms. The minimum Gasteiger partial charge on any atom is -0.484 e. The molecule has 1 fully saturated rings. The zero-order chi connectivity index (χ0) is 14.6. The second kappa shape index (κ2) is 5.88. The van der Waals surface area contributed by atoms with Crippen molar-refractivity contribution >= 4 is 5.69 Å². The van der Waals surface area contributed by atoms with Gasteiger partial charge < -0.3 is 4.74 Å². The molecule has 1 saturated carbocycles. The first kappa shape index (κ1) is 14.3. The van der Waals surface area contributed by atoms with Gasteiger partial charge in [0.1, 0.15) is 12.1 Å². The van der Waals surface area contributed by atoms with Gasteiger partial charge in [0, 0.05) is 6.07 Å². The summed E-state index contributed by atoms with van der Waals surface area (Å²) in [6, 6.07) is 8.51. The van der Waals surface area contributed by atoms with Crippen LogP contribution in [-0.4, -0.2) is 23.6 Å². The van der Waals surface area contributed by atoms with E-state index in [-0.39, 0.29) is 24.0 Å². The molecule has 1 atom stereocenters. The lowest BCUT2D eigenvalue weighted by Gasteiger charge is -2.27. The number of rotatable bonds is 7. The summed E-state index contributed by atoms with van der Waals surface area (Å²) in [7, 11) is 0. The lowest BCUT2D eigenvalue weighted by molar-refractivity contribution is -0.385. The van der Waals surface area contributed by atoms with Crippen LogP contribution in [0.1, 0.15) is 19.8 Å². The fourth-order valence-electron chi connectivity index (χ4n) is 2.29. The number of hydrogen-bond donors (Lipinski definition) is 1. The molecule has 0 aromatic heterocycles. The summed E-state index contributed by atoms with van der Waals surface area (Å²) in [5.74, 6) is 0.464. The Labute approximate surface area is 117 Å². The Morgan fingerprint density at radius 3 is 2.80 bits per heavy atom. The molecule has 0 radical (unpaired) electrons. The molecule has 1 aromatic carbocycles. The molecule has 0 aliphatic heterocycles. The monoisotopic (exact) mass is 275 g/mol. The fourth-order valence-corrected chi connectivity index (χ4v) is 2.29. The maximum Gasteiger partial charge on any atom is 0.310 e. The molecule has 106 valence electrons. The summed E-state index contributed by atoms with van der Waals surface area (Å²) in [6.45, 7) is 2.70. The van der Waals surface area contributed by atoms with Crippen LogP contribution in [0.25, 0.3) is 0 Å². The van der Waals surface area contributed by atoms with E-state index in [0.717, 1.165) is 12.8 Å². The topological polar surface area (TPSA) is 88.2 Å². The predicted octanol–water partition coefficient (Wildman–Crippen LogP) is 2.26. The van der Waals surface area contributed by atoms with Crippen molar-refractivity contribution < 1.29 is 9.66 Å². The number of nitro groups is 1. The van der Waals surface area contributed by atoms with Gasteiger partial charge in [-0.05, 0) is 31.4 Å². The van der Waals surface area contributed by atoms with Crippen LogP contribution >= 0.6 is 0 Å². The average molecular weight is 275 g/mol. The van der Waals surface area contributed by atoms with E-state index in [0.29, 0.717) is 6.54 Å². The Bertz CT molecular complexity index is 537. The number of nitrogens with zero attached hydrogens (tertiary/aromatic N) is 2. The highest BCUT2D eigenvalue weighted by Crippen LogP contribution is 2.40. The molecule has 2 rings (SSSR count). The number of nitro benzene ring substituents is 1. The average Bonchev–Trinajstić information content (AvgIpc) is 3.29. The van der Waals surface area contributed by atoms with Crippen molar-refractivity contribution in [1.82, 2.24) is 5.32 Å². The summed E-state index contributed by atoms with van der Waals surface area (Å²) < 4.78 is 5.58. The fraction of sp³-hybridized carbons (Fsp3) is 0.500. The molecule has 1 unspecified atom stereocenters. The van der Waals surface area contributed by atoms with Crippen LogP contribution in [-0.2, 0) is 0 Å². The second-order valence-electron chi connectivity index (χ2n) is 4.90. The van der Waals surface area contributed by atoms with Gasteiger partial charge in [-0.2, -0.15) is 5.26 Å². The van der Waals surface area contributed by atoms with Crippen molar-refractivity contribution in [2.75, 3.05) is 13.2 Å². The lowest BCUT2D eigenvalue weighted by atomic mass is 9.96. The van der Waals surface area contributed by atoms with Gasteiger partial charge in [0.15, 0.2) is 5.75 Å². The molecule has 0 amide bonds. The molecule has 0 spiro atoms. The van der Waals surface area contributed by atoms with Gasteiger partial charge in [-0.15, -0.1) is 0 Å². The van der Waals surface area contributed by atoms with Crippen LogP contribution in [0.5, 0.6) is 5.75 Å². The summed E-state index contributed by atoms with van der Waals surface area (Å²) in [5.41, 5.74) is -0.829. The molecular weight excluding hydrogens is 258 g/mol. The third-order valence-corrected chi connectivity index (χ3v) is 3.48. The molecule has 1 aliphatic rings. The van der Waals surface area contributed by atoms with Crippen LogP contribution in [0.15, 0.2) is 24.3 Å². The summed E-state index contributed by atoms with van der Waals surface area (Å²) in [6.07, 6.45) is 1.97. The normalized spacial score (nSPS) is 17.0. The summed E-state index contributed by atoms with van der Waals surface area (Å²) in [4.78, 5) is 10.5. The van der Waals surface area contributed by atoms with E-state index < -0.39 is 10.5 Å². The van der Waals surface area contributed by atoms with Gasteiger partial charge >= 0.3 is 5.69 Å². The SMILES string of the molecule is CCNC(C#N)(COc1ccccc1[N+](=O)[O-])C1CC1. The van der Waals surface area contributed by atoms with Crippen molar-refractivity contribution in [3.63, 3.8) is 0 Å². The number of nitrogens with one attached hydrogen (secondary N) is 1. The first-order valence-electron chi connectivity index (χ1n) is 6.65. The molecule has 20 heavy (non-hydrogen) atoms. The van der Waals surface area contributed by atoms with E-state index in [1.165, 1.54) is 6.07 Å². The van der Waals surface area contributed by atoms with Crippen LogP contribution in [0.2, 0.25) is 0 Å². The molecule has 1 N–H and O–H groups in total. The van der Waals surface area contributed by atoms with Gasteiger partial charge in [0.05, 0.1) is 11.0 Å². The van der Waals surface area contributed by atoms with E-state index >= 15 is 0 Å². The Morgan fingerprint density at radius 2 is 2.25 bits per heavy atom. The Morgan fingerprint density at radius 1 is 1.55 bits per heavy atom. The van der Waals surface area contributed by atoms with Gasteiger partial charge in [-0.25, -0.2) is 0 Å². The third-order valence-electron chi connectivity index (χ3n) is 3.48. The van der Waals surface area contributed by atoms with Crippen molar-refractivity contribution in [1.29, 1.82) is 5.26 Å². The van der Waals surface area contributed by atoms with Crippen LogP contribution in [0.3, 0.4) is 0 Å². The minimum atomic E-state index is -0.752. The maximum atomic E-state index is 10.9. The van der Waals surface area contributed by atoms with E-state index in [1.807, 2.05) is 6.92 Å². The van der Waals surface area contributed by atoms with Crippen molar-refractivity contribution in [3.05, 3.63) is 34.4 Å². The van der Waals surface area contributed by atoms with Crippen molar-refractivity contribution in [3.8, 4) is 11.8 Å². The minimum absolute atomic E-state index is 0.0772. The molecule has 0 heterocycles. The van der Waals surface area contributed by atoms with Gasteiger partial charge in [0.2, 0.25) is 0 Å². The highest BCUT2D eigenvalue weighted by Gasteiger charge is 2.46. The third kappa shape index (κ3) is 2.89. The zero-order valence-electron chi connectivity index (χ0n) is 11.3. The smallest absolute Gasteiger partial charge is 0.310 e. The maximum absolute atomic E-state index is 10.9. The highest BCUT2D eigenvalue weighted by molar-refractivity contribution is 5.45. The van der Waals surface area contributed by atoms with E-state index in [2.05, 4.69) is 11.4 Å². The van der Waals surface area contributed by atoms with Crippen LogP contribution in [0, 0.1) is 27.4 Å². The lowest BCUT2D eigenvalue weighted by Crippen LogP contribution is -2.50. The number of nitriles is 1. The van der Waals surface area contributed by atoms with Gasteiger partial charge in [0.25, 0.3) is 0 Å². The molecule has 6 heteroatoms. The van der Waals surface area contributed by atoms with Crippen LogP contribution in [0.4, 0.5) is 5.69 Å². The molecular formula is C14H17N3O3. The summed E-state index contributed by atoms with van der Waals surface area (Å²) in [5, 5.41) is 23.6. The van der Waals surface area contributed by atoms with E-state index in [9.17, 15) is 15.4 Å². The van der Waals surface area contributed by atoms with E-state index in [4.69, 9.17) is 4.74 Å². The second-order valence-corrected chi connectivity index (χ2v) is 4.90. The number of likely N-dealkylation sites (N-methyl/N-ethyl adjacent to an activating group) is 1. The zero-order valence-corrected chi connectivity index (χ0v) is 11.3. The standard InChI is InChI=1S/C14H17N3O3/c1-2-16-14(9-15,11-7-8-11)10-20-13-6-4-3-5-12(13)17(18)19/h3-6,11,16H,2,7-8,10H2,1H3. The van der Waals surface area contributed by atoms with Crippen LogP contribution < -0.4 is 10.1 Å². The first-order chi connectivity index (χ1) is 9.63. The number of para-hydroxylation sites is 2. The number of hydrogen-bond acceptors (Lipinski definition) is 5. The number of benzene rings is 1. The highest BCUT2D eigenvalue weighted by atomic mass is 16.6. The van der Waals surface area contributed by atoms with Crippen molar-refractivity contribution in [2.24, 2.45) is 5.92 Å². The predicted molar refractivity (Wildman–Crippen MR) is 73.3 cm³/mol. The molecule has 1 aromatic rings. The number of ether oxygens (including phenoxy) is 1. The van der Waals surface area contributed by atoms with Gasteiger partial charge in [-0.1, -0.05) is 19.1 Å². The van der Waals surface area contributed by atoms with Crippen molar-refractivity contribution in [2.45, 2.75) is 25.3 Å². The molecule has 6 nitrogen and oxygen atoms in total. The largest absolute Gasteiger partial charge is 0.484 e. The Balaban J connectivity index is 2.14. The van der Waals surface area contributed by atoms with Gasteiger partial charge in [-0.3, -0.25) is 15.4 Å². The molecule has 1 aliphatic carbocycles. The first-order valence-corrected chi connectivity index (χ1v) is 6.65. The molecule has 0 saturated heterocycles. The summed E-state index contributed by atoms with van der Waals surface area (Å²) >= 11 is 0. The Kier molecular flexibility index (Phi) is 4.20.